The number of halogens is 3. The molecule has 0 aromatic carbocycles. The minimum Gasteiger partial charge on any atom is -0.381 e. The van der Waals surface area contributed by atoms with Crippen LogP contribution in [0.1, 0.15) is 70.6 Å². The number of ether oxygens (including phenoxy) is 3. The Morgan fingerprint density at radius 3 is 1.85 bits per heavy atom. The minimum atomic E-state index is -4.06. The van der Waals surface area contributed by atoms with Crippen LogP contribution in [0.4, 0.5) is 13.2 Å². The molecule has 0 N–H and O–H groups in total. The highest BCUT2D eigenvalue weighted by Crippen LogP contribution is 2.42. The average molecular weight is 393 g/mol. The summed E-state index contributed by atoms with van der Waals surface area (Å²) in [6, 6.07) is 0. The van der Waals surface area contributed by atoms with Gasteiger partial charge in [-0.25, -0.2) is 0 Å². The highest BCUT2D eigenvalue weighted by molar-refractivity contribution is 4.83. The molecule has 3 nitrogen and oxygen atoms in total. The Hall–Kier alpha value is -0.330. The van der Waals surface area contributed by atoms with Gasteiger partial charge in [-0.3, -0.25) is 0 Å². The summed E-state index contributed by atoms with van der Waals surface area (Å²) >= 11 is 0. The van der Waals surface area contributed by atoms with Gasteiger partial charge in [0.15, 0.2) is 6.29 Å². The van der Waals surface area contributed by atoms with Gasteiger partial charge in [0.1, 0.15) is 0 Å². The van der Waals surface area contributed by atoms with Gasteiger partial charge in [-0.2, -0.15) is 13.2 Å². The van der Waals surface area contributed by atoms with E-state index < -0.39 is 12.6 Å². The molecular formula is C21H35F3O3. The molecule has 3 aliphatic rings. The third kappa shape index (κ3) is 6.60. The van der Waals surface area contributed by atoms with Gasteiger partial charge in [-0.15, -0.1) is 0 Å². The predicted molar refractivity (Wildman–Crippen MR) is 97.3 cm³/mol. The zero-order valence-electron chi connectivity index (χ0n) is 16.5. The van der Waals surface area contributed by atoms with Crippen molar-refractivity contribution in [3.8, 4) is 0 Å². The van der Waals surface area contributed by atoms with Crippen LogP contribution in [0.2, 0.25) is 0 Å². The molecule has 0 unspecified atom stereocenters. The first kappa shape index (κ1) is 21.4. The Balaban J connectivity index is 1.31. The van der Waals surface area contributed by atoms with E-state index in [9.17, 15) is 13.2 Å². The summed E-state index contributed by atoms with van der Waals surface area (Å²) in [6.07, 6.45) is 6.06. The number of hydrogen-bond donors (Lipinski definition) is 0. The van der Waals surface area contributed by atoms with Gasteiger partial charge in [-0.1, -0.05) is 0 Å². The summed E-state index contributed by atoms with van der Waals surface area (Å²) in [7, 11) is 1.82. The molecule has 0 atom stereocenters. The molecule has 3 rings (SSSR count). The Labute approximate surface area is 161 Å². The van der Waals surface area contributed by atoms with Crippen LogP contribution in [-0.4, -0.2) is 38.9 Å². The summed E-state index contributed by atoms with van der Waals surface area (Å²) in [5, 5.41) is 0. The number of alkyl halides is 3. The van der Waals surface area contributed by atoms with E-state index in [-0.39, 0.29) is 18.6 Å². The average Bonchev–Trinajstić information content (AvgIpc) is 2.68. The van der Waals surface area contributed by atoms with Crippen LogP contribution in [-0.2, 0) is 14.2 Å². The van der Waals surface area contributed by atoms with Crippen molar-refractivity contribution in [1.29, 1.82) is 0 Å². The van der Waals surface area contributed by atoms with E-state index >= 15 is 0 Å². The van der Waals surface area contributed by atoms with Crippen LogP contribution in [0, 0.1) is 23.7 Å². The van der Waals surface area contributed by atoms with Gasteiger partial charge >= 0.3 is 6.18 Å². The summed E-state index contributed by atoms with van der Waals surface area (Å²) in [5.74, 6) is 2.24. The SMILES string of the molecule is CO[C@H]1CC[C@H](C2CCC([C@H]3OC[C@H](CCCC(F)(F)F)CO3)CC2)CC1. The highest BCUT2D eigenvalue weighted by Gasteiger charge is 2.36. The van der Waals surface area contributed by atoms with Crippen molar-refractivity contribution in [2.24, 2.45) is 23.7 Å². The van der Waals surface area contributed by atoms with Crippen LogP contribution in [0.25, 0.3) is 0 Å². The van der Waals surface area contributed by atoms with E-state index in [2.05, 4.69) is 0 Å². The molecule has 158 valence electrons. The second kappa shape index (κ2) is 9.93. The maximum atomic E-state index is 12.2. The fraction of sp³-hybridized carbons (Fsp3) is 1.00. The van der Waals surface area contributed by atoms with Gasteiger partial charge in [0, 0.05) is 25.4 Å². The normalized spacial score (nSPS) is 38.7. The Morgan fingerprint density at radius 1 is 0.815 bits per heavy atom. The lowest BCUT2D eigenvalue weighted by molar-refractivity contribution is -0.231. The third-order valence-corrected chi connectivity index (χ3v) is 6.99. The second-order valence-electron chi connectivity index (χ2n) is 8.86. The van der Waals surface area contributed by atoms with E-state index in [0.29, 0.717) is 31.7 Å². The predicted octanol–water partition coefficient (Wildman–Crippen LogP) is 5.72. The Bertz CT molecular complexity index is 419. The Morgan fingerprint density at radius 2 is 1.33 bits per heavy atom. The molecule has 0 amide bonds. The van der Waals surface area contributed by atoms with Crippen LogP contribution in [0.5, 0.6) is 0 Å². The summed E-state index contributed by atoms with van der Waals surface area (Å²) < 4.78 is 54.0. The first-order valence-corrected chi connectivity index (χ1v) is 10.8. The van der Waals surface area contributed by atoms with Crippen LogP contribution < -0.4 is 0 Å². The molecule has 2 saturated carbocycles. The molecule has 1 saturated heterocycles. The van der Waals surface area contributed by atoms with Crippen LogP contribution in [0.15, 0.2) is 0 Å². The van der Waals surface area contributed by atoms with Crippen molar-refractivity contribution in [2.75, 3.05) is 20.3 Å². The molecule has 0 aromatic rings. The number of methoxy groups -OCH3 is 1. The zero-order valence-corrected chi connectivity index (χ0v) is 16.5. The van der Waals surface area contributed by atoms with E-state index in [1.54, 1.807) is 0 Å². The Kier molecular flexibility index (Phi) is 7.86. The largest absolute Gasteiger partial charge is 0.389 e. The van der Waals surface area contributed by atoms with Gasteiger partial charge < -0.3 is 14.2 Å². The fourth-order valence-corrected chi connectivity index (χ4v) is 5.27. The van der Waals surface area contributed by atoms with Crippen molar-refractivity contribution in [2.45, 2.75) is 89.2 Å². The molecular weight excluding hydrogens is 357 g/mol. The number of rotatable bonds is 6. The standard InChI is InChI=1S/C21H35F3O3/c1-25-19-10-8-17(9-11-19)16-4-6-18(7-5-16)20-26-13-15(14-27-20)3-2-12-21(22,23)24/h15-20H,2-14H2,1H3/t15-,16?,17-,18?,19-,20-. The highest BCUT2D eigenvalue weighted by atomic mass is 19.4. The van der Waals surface area contributed by atoms with Gasteiger partial charge in [0.25, 0.3) is 0 Å². The van der Waals surface area contributed by atoms with Crippen molar-refractivity contribution in [1.82, 2.24) is 0 Å². The first-order chi connectivity index (χ1) is 12.9. The van der Waals surface area contributed by atoms with Crippen molar-refractivity contribution >= 4 is 0 Å². The second-order valence-corrected chi connectivity index (χ2v) is 8.86. The van der Waals surface area contributed by atoms with Crippen molar-refractivity contribution < 1.29 is 27.4 Å². The van der Waals surface area contributed by atoms with E-state index in [1.807, 2.05) is 7.11 Å². The van der Waals surface area contributed by atoms with E-state index in [1.165, 1.54) is 38.5 Å². The maximum absolute atomic E-state index is 12.2. The molecule has 0 spiro atoms. The lowest BCUT2D eigenvalue weighted by Crippen LogP contribution is -2.39. The quantitative estimate of drug-likeness (QED) is 0.579. The molecule has 6 heteroatoms. The van der Waals surface area contributed by atoms with Gasteiger partial charge in [0.2, 0.25) is 0 Å². The fourth-order valence-electron chi connectivity index (χ4n) is 5.27. The lowest BCUT2D eigenvalue weighted by atomic mass is 9.70. The molecule has 1 heterocycles. The smallest absolute Gasteiger partial charge is 0.381 e. The van der Waals surface area contributed by atoms with Gasteiger partial charge in [0.05, 0.1) is 19.3 Å². The molecule has 2 aliphatic carbocycles. The monoisotopic (exact) mass is 392 g/mol. The summed E-state index contributed by atoms with van der Waals surface area (Å²) in [4.78, 5) is 0. The zero-order chi connectivity index (χ0) is 19.3. The van der Waals surface area contributed by atoms with Crippen LogP contribution >= 0.6 is 0 Å². The topological polar surface area (TPSA) is 27.7 Å². The minimum absolute atomic E-state index is 0.107. The molecule has 0 radical (unpaired) electrons. The maximum Gasteiger partial charge on any atom is 0.389 e. The molecule has 1 aliphatic heterocycles. The van der Waals surface area contributed by atoms with Crippen LogP contribution in [0.3, 0.4) is 0 Å². The molecule has 27 heavy (non-hydrogen) atoms. The van der Waals surface area contributed by atoms with Gasteiger partial charge in [-0.05, 0) is 76.0 Å². The van der Waals surface area contributed by atoms with E-state index in [0.717, 1.165) is 24.7 Å². The molecule has 3 fully saturated rings. The summed E-state index contributed by atoms with van der Waals surface area (Å²) in [5.41, 5.74) is 0. The first-order valence-electron chi connectivity index (χ1n) is 10.8. The van der Waals surface area contributed by atoms with Crippen molar-refractivity contribution in [3.63, 3.8) is 0 Å². The summed E-state index contributed by atoms with van der Waals surface area (Å²) in [6.45, 7) is 1.09. The lowest BCUT2D eigenvalue weighted by Gasteiger charge is -2.41. The number of hydrogen-bond acceptors (Lipinski definition) is 3. The molecule has 0 bridgehead atoms. The molecule has 0 aromatic heterocycles. The van der Waals surface area contributed by atoms with E-state index in [4.69, 9.17) is 14.2 Å². The third-order valence-electron chi connectivity index (χ3n) is 6.99. The van der Waals surface area contributed by atoms with Crippen molar-refractivity contribution in [3.05, 3.63) is 0 Å².